The molecule has 0 aliphatic heterocycles. The van der Waals surface area contributed by atoms with Crippen molar-refractivity contribution in [2.45, 2.75) is 6.92 Å². The van der Waals surface area contributed by atoms with Crippen molar-refractivity contribution in [3.8, 4) is 16.8 Å². The fraction of sp³-hybridized carbons (Fsp3) is 0.0323. The van der Waals surface area contributed by atoms with Crippen LogP contribution in [0.5, 0.6) is 0 Å². The maximum absolute atomic E-state index is 13.3. The van der Waals surface area contributed by atoms with E-state index in [1.165, 1.54) is 12.1 Å². The summed E-state index contributed by atoms with van der Waals surface area (Å²) in [6.07, 6.45) is 4.86. The van der Waals surface area contributed by atoms with Crippen LogP contribution in [0.25, 0.3) is 49.5 Å². The molecule has 0 atom stereocenters. The second kappa shape index (κ2) is 8.84. The summed E-state index contributed by atoms with van der Waals surface area (Å²) in [6.45, 7) is 5.43. The highest BCUT2D eigenvalue weighted by Gasteiger charge is 2.13. The van der Waals surface area contributed by atoms with Gasteiger partial charge in [0.15, 0.2) is 0 Å². The molecular weight excluding hydrogens is 460 g/mol. The molecule has 0 fully saturated rings. The van der Waals surface area contributed by atoms with E-state index < -0.39 is 0 Å². The Labute approximate surface area is 212 Å². The Balaban J connectivity index is 1.60. The lowest BCUT2D eigenvalue weighted by molar-refractivity contribution is -0.111. The molecule has 1 amide bonds. The van der Waals surface area contributed by atoms with Gasteiger partial charge in [-0.3, -0.25) is 24.1 Å². The number of fused-ring (bicyclic) bond motifs is 4. The number of carbonyl (C=O) groups is 1. The first-order valence-corrected chi connectivity index (χ1v) is 11.9. The van der Waals surface area contributed by atoms with E-state index in [2.05, 4.69) is 34.0 Å². The van der Waals surface area contributed by atoms with Crippen LogP contribution in [0, 0.1) is 6.92 Å². The van der Waals surface area contributed by atoms with Crippen LogP contribution in [-0.2, 0) is 4.79 Å². The van der Waals surface area contributed by atoms with Gasteiger partial charge in [0, 0.05) is 45.9 Å². The Morgan fingerprint density at radius 1 is 0.865 bits per heavy atom. The zero-order valence-electron chi connectivity index (χ0n) is 20.1. The minimum Gasteiger partial charge on any atom is -0.322 e. The molecule has 0 aliphatic rings. The Hall–Kier alpha value is -5.10. The number of pyridine rings is 3. The van der Waals surface area contributed by atoms with Crippen LogP contribution >= 0.6 is 0 Å². The standard InChI is InChI=1S/C31H22N4O2/c1-3-29(36)34-28-16-24(11-8-19(28)2)35-30(37)13-10-22-17-33-27-12-9-20(15-25(27)31(22)35)23-14-21-6-4-5-7-26(21)32-18-23/h3-18H,1H2,2H3,(H,34,36). The van der Waals surface area contributed by atoms with Gasteiger partial charge in [0.25, 0.3) is 5.56 Å². The van der Waals surface area contributed by atoms with Gasteiger partial charge in [0.05, 0.1) is 22.2 Å². The lowest BCUT2D eigenvalue weighted by Crippen LogP contribution is -2.18. The van der Waals surface area contributed by atoms with Crippen molar-refractivity contribution in [1.82, 2.24) is 14.5 Å². The molecule has 3 heterocycles. The third-order valence-corrected chi connectivity index (χ3v) is 6.56. The maximum Gasteiger partial charge on any atom is 0.255 e. The number of aromatic nitrogens is 3. The predicted octanol–water partition coefficient (Wildman–Crippen LogP) is 6.19. The molecule has 3 aromatic heterocycles. The molecule has 3 aromatic carbocycles. The Morgan fingerprint density at radius 3 is 2.57 bits per heavy atom. The van der Waals surface area contributed by atoms with E-state index in [0.717, 1.165) is 49.4 Å². The first-order valence-electron chi connectivity index (χ1n) is 11.9. The van der Waals surface area contributed by atoms with Gasteiger partial charge in [-0.25, -0.2) is 0 Å². The molecule has 0 unspecified atom stereocenters. The number of para-hydroxylation sites is 1. The number of anilines is 1. The van der Waals surface area contributed by atoms with Gasteiger partial charge in [0.1, 0.15) is 0 Å². The molecule has 0 spiro atoms. The molecule has 6 aromatic rings. The van der Waals surface area contributed by atoms with E-state index in [1.54, 1.807) is 22.9 Å². The molecule has 6 nitrogen and oxygen atoms in total. The number of aryl methyl sites for hydroxylation is 1. The number of hydrogen-bond donors (Lipinski definition) is 1. The Kier molecular flexibility index (Phi) is 5.34. The number of nitrogens with zero attached hydrogens (tertiary/aromatic N) is 3. The average Bonchev–Trinajstić information content (AvgIpc) is 2.93. The van der Waals surface area contributed by atoms with E-state index in [9.17, 15) is 9.59 Å². The van der Waals surface area contributed by atoms with Crippen molar-refractivity contribution in [2.75, 3.05) is 5.32 Å². The van der Waals surface area contributed by atoms with Gasteiger partial charge in [-0.05, 0) is 66.6 Å². The molecule has 0 radical (unpaired) electrons. The quantitative estimate of drug-likeness (QED) is 0.240. The monoisotopic (exact) mass is 482 g/mol. The van der Waals surface area contributed by atoms with Crippen LogP contribution < -0.4 is 10.9 Å². The molecule has 1 N–H and O–H groups in total. The SMILES string of the molecule is C=CC(=O)Nc1cc(-n2c(=O)ccc3cnc4ccc(-c5cnc6ccccc6c5)cc4c32)ccc1C. The summed E-state index contributed by atoms with van der Waals surface area (Å²) in [5.74, 6) is -0.311. The summed E-state index contributed by atoms with van der Waals surface area (Å²) in [5, 5.41) is 5.56. The molecule has 37 heavy (non-hydrogen) atoms. The number of nitrogens with one attached hydrogen (secondary N) is 1. The summed E-state index contributed by atoms with van der Waals surface area (Å²) < 4.78 is 1.67. The van der Waals surface area contributed by atoms with E-state index in [1.807, 2.05) is 61.7 Å². The van der Waals surface area contributed by atoms with E-state index in [4.69, 9.17) is 0 Å². The van der Waals surface area contributed by atoms with Gasteiger partial charge >= 0.3 is 0 Å². The minimum atomic E-state index is -0.311. The number of benzene rings is 3. The lowest BCUT2D eigenvalue weighted by Gasteiger charge is -2.15. The van der Waals surface area contributed by atoms with Gasteiger partial charge in [-0.15, -0.1) is 0 Å². The number of rotatable bonds is 4. The number of hydrogen-bond acceptors (Lipinski definition) is 4. The van der Waals surface area contributed by atoms with E-state index >= 15 is 0 Å². The van der Waals surface area contributed by atoms with Gasteiger partial charge < -0.3 is 5.32 Å². The second-order valence-electron chi connectivity index (χ2n) is 8.91. The Bertz CT molecular complexity index is 1940. The topological polar surface area (TPSA) is 76.9 Å². The highest BCUT2D eigenvalue weighted by atomic mass is 16.1. The fourth-order valence-electron chi connectivity index (χ4n) is 4.64. The van der Waals surface area contributed by atoms with Crippen LogP contribution in [0.15, 0.2) is 109 Å². The average molecular weight is 483 g/mol. The maximum atomic E-state index is 13.3. The van der Waals surface area contributed by atoms with Crippen molar-refractivity contribution in [1.29, 1.82) is 0 Å². The third-order valence-electron chi connectivity index (χ3n) is 6.56. The van der Waals surface area contributed by atoms with Crippen molar-refractivity contribution in [3.63, 3.8) is 0 Å². The largest absolute Gasteiger partial charge is 0.322 e. The van der Waals surface area contributed by atoms with E-state index in [0.29, 0.717) is 11.4 Å². The highest BCUT2D eigenvalue weighted by Crippen LogP contribution is 2.31. The number of amides is 1. The molecular formula is C31H22N4O2. The zero-order valence-corrected chi connectivity index (χ0v) is 20.1. The molecule has 178 valence electrons. The third kappa shape index (κ3) is 3.94. The fourth-order valence-corrected chi connectivity index (χ4v) is 4.64. The van der Waals surface area contributed by atoms with Gasteiger partial charge in [0.2, 0.25) is 5.91 Å². The lowest BCUT2D eigenvalue weighted by atomic mass is 10.0. The molecule has 0 aliphatic carbocycles. The van der Waals surface area contributed by atoms with Crippen molar-refractivity contribution in [2.24, 2.45) is 0 Å². The second-order valence-corrected chi connectivity index (χ2v) is 8.91. The molecule has 0 saturated heterocycles. The minimum absolute atomic E-state index is 0.178. The Morgan fingerprint density at radius 2 is 1.70 bits per heavy atom. The van der Waals surface area contributed by atoms with Crippen LogP contribution in [-0.4, -0.2) is 20.4 Å². The number of carbonyl (C=O) groups excluding carboxylic acids is 1. The molecule has 6 heteroatoms. The molecule has 0 saturated carbocycles. The first kappa shape index (κ1) is 22.4. The van der Waals surface area contributed by atoms with Crippen LogP contribution in [0.4, 0.5) is 5.69 Å². The van der Waals surface area contributed by atoms with Crippen molar-refractivity contribution >= 4 is 44.3 Å². The van der Waals surface area contributed by atoms with Crippen LogP contribution in [0.1, 0.15) is 5.56 Å². The van der Waals surface area contributed by atoms with E-state index in [-0.39, 0.29) is 11.5 Å². The zero-order chi connectivity index (χ0) is 25.5. The summed E-state index contributed by atoms with van der Waals surface area (Å²) in [7, 11) is 0. The molecule has 6 rings (SSSR count). The van der Waals surface area contributed by atoms with Gasteiger partial charge in [-0.2, -0.15) is 0 Å². The highest BCUT2D eigenvalue weighted by molar-refractivity contribution is 6.06. The molecule has 0 bridgehead atoms. The van der Waals surface area contributed by atoms with Crippen LogP contribution in [0.2, 0.25) is 0 Å². The van der Waals surface area contributed by atoms with Crippen LogP contribution in [0.3, 0.4) is 0 Å². The predicted molar refractivity (Wildman–Crippen MR) is 149 cm³/mol. The van der Waals surface area contributed by atoms with Gasteiger partial charge in [-0.1, -0.05) is 36.9 Å². The smallest absolute Gasteiger partial charge is 0.255 e. The summed E-state index contributed by atoms with van der Waals surface area (Å²) in [5.41, 5.74) is 6.38. The summed E-state index contributed by atoms with van der Waals surface area (Å²) in [4.78, 5) is 34.5. The normalized spacial score (nSPS) is 11.2. The summed E-state index contributed by atoms with van der Waals surface area (Å²) >= 11 is 0. The first-order chi connectivity index (χ1) is 18.0. The van der Waals surface area contributed by atoms with Crippen molar-refractivity contribution in [3.05, 3.63) is 120 Å². The summed E-state index contributed by atoms with van der Waals surface area (Å²) in [6, 6.07) is 25.1. The van der Waals surface area contributed by atoms with Crippen molar-refractivity contribution < 1.29 is 4.79 Å².